The highest BCUT2D eigenvalue weighted by molar-refractivity contribution is 5.79. The highest BCUT2D eigenvalue weighted by atomic mass is 19.4. The van der Waals surface area contributed by atoms with Crippen molar-refractivity contribution in [1.29, 1.82) is 0 Å². The first-order valence-corrected chi connectivity index (χ1v) is 8.64. The van der Waals surface area contributed by atoms with Crippen LogP contribution >= 0.6 is 0 Å². The third-order valence-corrected chi connectivity index (χ3v) is 5.22. The van der Waals surface area contributed by atoms with Crippen molar-refractivity contribution in [3.05, 3.63) is 35.4 Å². The molecule has 3 rings (SSSR count). The lowest BCUT2D eigenvalue weighted by atomic mass is 9.89. The molecule has 1 aliphatic heterocycles. The van der Waals surface area contributed by atoms with Crippen LogP contribution in [0.15, 0.2) is 24.3 Å². The van der Waals surface area contributed by atoms with E-state index >= 15 is 0 Å². The molecule has 0 unspecified atom stereocenters. The van der Waals surface area contributed by atoms with Gasteiger partial charge in [-0.2, -0.15) is 13.2 Å². The van der Waals surface area contributed by atoms with Crippen LogP contribution < -0.4 is 10.6 Å². The molecule has 1 saturated carbocycles. The molecule has 1 aromatic rings. The smallest absolute Gasteiger partial charge is 0.353 e. The van der Waals surface area contributed by atoms with Gasteiger partial charge in [0.25, 0.3) is 0 Å². The van der Waals surface area contributed by atoms with Gasteiger partial charge in [0.05, 0.1) is 5.56 Å². The first kappa shape index (κ1) is 17.3. The number of nitrogens with one attached hydrogen (secondary N) is 2. The van der Waals surface area contributed by atoms with E-state index in [2.05, 4.69) is 10.6 Å². The second kappa shape index (κ2) is 7.13. The summed E-state index contributed by atoms with van der Waals surface area (Å²) in [5.41, 5.74) is -0.254. The summed E-state index contributed by atoms with van der Waals surface area (Å²) in [7, 11) is 0. The second-order valence-corrected chi connectivity index (χ2v) is 6.76. The van der Waals surface area contributed by atoms with Gasteiger partial charge in [-0.3, -0.25) is 4.79 Å². The molecule has 1 aromatic carbocycles. The van der Waals surface area contributed by atoms with Crippen LogP contribution in [0.4, 0.5) is 13.2 Å². The standard InChI is InChI=1S/C18H23F3N2O/c19-18(20,21)15-6-2-1-4-13(15)14-5-3-7-16(14)23-17(24)12-8-10-22-11-9-12/h1-2,4,6,12,14,16,22H,3,5,7-11H2,(H,23,24)/t14-,16-/m1/s1. The Morgan fingerprint density at radius 3 is 2.50 bits per heavy atom. The summed E-state index contributed by atoms with van der Waals surface area (Å²) in [5, 5.41) is 6.26. The summed E-state index contributed by atoms with van der Waals surface area (Å²) in [4.78, 5) is 12.5. The number of rotatable bonds is 3. The van der Waals surface area contributed by atoms with Gasteiger partial charge in [0.1, 0.15) is 0 Å². The third-order valence-electron chi connectivity index (χ3n) is 5.22. The largest absolute Gasteiger partial charge is 0.416 e. The highest BCUT2D eigenvalue weighted by Gasteiger charge is 2.39. The van der Waals surface area contributed by atoms with Crippen LogP contribution in [0, 0.1) is 5.92 Å². The monoisotopic (exact) mass is 340 g/mol. The van der Waals surface area contributed by atoms with E-state index in [0.717, 1.165) is 44.8 Å². The Morgan fingerprint density at radius 1 is 1.08 bits per heavy atom. The van der Waals surface area contributed by atoms with Crippen LogP contribution in [0.25, 0.3) is 0 Å². The van der Waals surface area contributed by atoms with Gasteiger partial charge in [0, 0.05) is 17.9 Å². The molecule has 2 fully saturated rings. The van der Waals surface area contributed by atoms with Crippen molar-refractivity contribution in [2.45, 2.75) is 50.2 Å². The highest BCUT2D eigenvalue weighted by Crippen LogP contribution is 2.41. The van der Waals surface area contributed by atoms with E-state index in [1.165, 1.54) is 6.07 Å². The normalized spacial score (nSPS) is 25.6. The number of hydrogen-bond acceptors (Lipinski definition) is 2. The van der Waals surface area contributed by atoms with E-state index in [1.807, 2.05) is 0 Å². The first-order valence-electron chi connectivity index (χ1n) is 8.64. The maximum atomic E-state index is 13.3. The first-order chi connectivity index (χ1) is 11.5. The Morgan fingerprint density at radius 2 is 1.79 bits per heavy atom. The fourth-order valence-corrected chi connectivity index (χ4v) is 3.97. The molecule has 2 aliphatic rings. The lowest BCUT2D eigenvalue weighted by Gasteiger charge is -2.28. The van der Waals surface area contributed by atoms with Crippen LogP contribution in [0.1, 0.15) is 49.1 Å². The Labute approximate surface area is 140 Å². The molecule has 0 bridgehead atoms. The molecule has 6 heteroatoms. The van der Waals surface area contributed by atoms with Crippen molar-refractivity contribution in [3.8, 4) is 0 Å². The summed E-state index contributed by atoms with van der Waals surface area (Å²) in [6.07, 6.45) is -0.501. The second-order valence-electron chi connectivity index (χ2n) is 6.76. The van der Waals surface area contributed by atoms with Gasteiger partial charge < -0.3 is 10.6 Å². The van der Waals surface area contributed by atoms with Crippen molar-refractivity contribution < 1.29 is 18.0 Å². The van der Waals surface area contributed by atoms with E-state index in [9.17, 15) is 18.0 Å². The minimum absolute atomic E-state index is 0.00195. The SMILES string of the molecule is O=C(N[C@@H]1CCC[C@@H]1c1ccccc1C(F)(F)F)C1CCNCC1. The number of carbonyl (C=O) groups is 1. The van der Waals surface area contributed by atoms with Crippen molar-refractivity contribution in [2.75, 3.05) is 13.1 Å². The van der Waals surface area contributed by atoms with Gasteiger partial charge in [0.15, 0.2) is 0 Å². The summed E-state index contributed by atoms with van der Waals surface area (Å²) >= 11 is 0. The molecule has 0 radical (unpaired) electrons. The van der Waals surface area contributed by atoms with Crippen molar-refractivity contribution in [3.63, 3.8) is 0 Å². The maximum Gasteiger partial charge on any atom is 0.416 e. The fraction of sp³-hybridized carbons (Fsp3) is 0.611. The lowest BCUT2D eigenvalue weighted by Crippen LogP contribution is -2.43. The average Bonchev–Trinajstić information content (AvgIpc) is 3.03. The zero-order valence-electron chi connectivity index (χ0n) is 13.5. The molecule has 2 N–H and O–H groups in total. The fourth-order valence-electron chi connectivity index (χ4n) is 3.97. The third kappa shape index (κ3) is 3.74. The van der Waals surface area contributed by atoms with Gasteiger partial charge in [-0.25, -0.2) is 0 Å². The predicted octanol–water partition coefficient (Wildman–Crippen LogP) is 3.46. The maximum absolute atomic E-state index is 13.3. The van der Waals surface area contributed by atoms with E-state index in [-0.39, 0.29) is 23.8 Å². The number of piperidine rings is 1. The van der Waals surface area contributed by atoms with E-state index in [4.69, 9.17) is 0 Å². The van der Waals surface area contributed by atoms with Gasteiger partial charge in [-0.15, -0.1) is 0 Å². The Kier molecular flexibility index (Phi) is 5.13. The molecule has 1 amide bonds. The van der Waals surface area contributed by atoms with Gasteiger partial charge in [-0.1, -0.05) is 24.6 Å². The molecule has 0 aromatic heterocycles. The van der Waals surface area contributed by atoms with Gasteiger partial charge in [-0.05, 0) is 50.4 Å². The van der Waals surface area contributed by atoms with E-state index in [1.54, 1.807) is 12.1 Å². The van der Waals surface area contributed by atoms with Crippen molar-refractivity contribution >= 4 is 5.91 Å². The minimum atomic E-state index is -4.36. The zero-order chi connectivity index (χ0) is 17.2. The molecular formula is C18H23F3N2O. The van der Waals surface area contributed by atoms with Crippen LogP contribution in [0.3, 0.4) is 0 Å². The quantitative estimate of drug-likeness (QED) is 0.885. The summed E-state index contributed by atoms with van der Waals surface area (Å²) < 4.78 is 39.9. The van der Waals surface area contributed by atoms with Crippen LogP contribution in [0.5, 0.6) is 0 Å². The lowest BCUT2D eigenvalue weighted by molar-refractivity contribution is -0.138. The molecule has 1 aliphatic carbocycles. The molecule has 0 spiro atoms. The summed E-state index contributed by atoms with van der Waals surface area (Å²) in [6.45, 7) is 1.65. The molecule has 24 heavy (non-hydrogen) atoms. The number of amides is 1. The number of halogens is 3. The molecule has 3 nitrogen and oxygen atoms in total. The Balaban J connectivity index is 1.75. The minimum Gasteiger partial charge on any atom is -0.353 e. The number of carbonyl (C=O) groups excluding carboxylic acids is 1. The molecule has 1 saturated heterocycles. The summed E-state index contributed by atoms with van der Waals surface area (Å²) in [5.74, 6) is -0.281. The number of alkyl halides is 3. The Bertz CT molecular complexity index is 582. The zero-order valence-corrected chi connectivity index (χ0v) is 13.5. The van der Waals surface area contributed by atoms with Crippen LogP contribution in [-0.4, -0.2) is 25.0 Å². The molecular weight excluding hydrogens is 317 g/mol. The number of benzene rings is 1. The van der Waals surface area contributed by atoms with Crippen molar-refractivity contribution in [1.82, 2.24) is 10.6 Å². The molecule has 2 atom stereocenters. The van der Waals surface area contributed by atoms with E-state index < -0.39 is 11.7 Å². The predicted molar refractivity (Wildman–Crippen MR) is 85.6 cm³/mol. The van der Waals surface area contributed by atoms with Crippen LogP contribution in [-0.2, 0) is 11.0 Å². The Hall–Kier alpha value is -1.56. The molecule has 1 heterocycles. The average molecular weight is 340 g/mol. The molecule has 132 valence electrons. The summed E-state index contributed by atoms with van der Waals surface area (Å²) in [6, 6.07) is 5.57. The van der Waals surface area contributed by atoms with Gasteiger partial charge >= 0.3 is 6.18 Å². The van der Waals surface area contributed by atoms with Crippen LogP contribution in [0.2, 0.25) is 0 Å². The van der Waals surface area contributed by atoms with Crippen molar-refractivity contribution in [2.24, 2.45) is 5.92 Å². The van der Waals surface area contributed by atoms with E-state index in [0.29, 0.717) is 12.0 Å². The topological polar surface area (TPSA) is 41.1 Å². The number of hydrogen-bond donors (Lipinski definition) is 2. The van der Waals surface area contributed by atoms with Gasteiger partial charge in [0.2, 0.25) is 5.91 Å².